The molecule has 8 nitrogen and oxygen atoms in total. The second kappa shape index (κ2) is 11.0. The van der Waals surface area contributed by atoms with Crippen LogP contribution in [0.1, 0.15) is 25.0 Å². The minimum absolute atomic E-state index is 0.0143. The number of nitrogens with one attached hydrogen (secondary N) is 1. The summed E-state index contributed by atoms with van der Waals surface area (Å²) in [5.41, 5.74) is 6.17. The minimum atomic E-state index is -4.86. The number of aromatic nitrogens is 1. The highest BCUT2D eigenvalue weighted by Crippen LogP contribution is 2.51. The second-order valence-corrected chi connectivity index (χ2v) is 11.4. The fourth-order valence-corrected chi connectivity index (χ4v) is 6.77. The Kier molecular flexibility index (Phi) is 7.72. The van der Waals surface area contributed by atoms with Gasteiger partial charge in [-0.3, -0.25) is 20.1 Å². The maximum atomic E-state index is 14.8. The Labute approximate surface area is 246 Å². The lowest BCUT2D eigenvalue weighted by molar-refractivity contribution is -0.137. The predicted molar refractivity (Wildman–Crippen MR) is 157 cm³/mol. The van der Waals surface area contributed by atoms with Crippen LogP contribution in [0.25, 0.3) is 21.3 Å². The number of fused-ring (bicyclic) bond motifs is 2. The van der Waals surface area contributed by atoms with Gasteiger partial charge in [0.05, 0.1) is 33.8 Å². The maximum absolute atomic E-state index is 14.8. The van der Waals surface area contributed by atoms with Gasteiger partial charge in [0.1, 0.15) is 11.7 Å². The van der Waals surface area contributed by atoms with Crippen molar-refractivity contribution in [3.05, 3.63) is 71.6 Å². The molecule has 3 heterocycles. The van der Waals surface area contributed by atoms with E-state index in [0.717, 1.165) is 41.3 Å². The van der Waals surface area contributed by atoms with Crippen LogP contribution in [-0.2, 0) is 15.7 Å². The summed E-state index contributed by atoms with van der Waals surface area (Å²) in [6.07, 6.45) is -0.763. The number of alkyl halides is 3. The molecular formula is C28H24F4N6O2S2. The van der Waals surface area contributed by atoms with Gasteiger partial charge >= 0.3 is 6.18 Å². The van der Waals surface area contributed by atoms with Crippen LogP contribution in [0.15, 0.2) is 64.5 Å². The number of amidine groups is 1. The van der Waals surface area contributed by atoms with Gasteiger partial charge in [-0.1, -0.05) is 17.9 Å². The summed E-state index contributed by atoms with van der Waals surface area (Å²) in [5, 5.41) is 9.05. The average Bonchev–Trinajstić information content (AvgIpc) is 3.33. The van der Waals surface area contributed by atoms with Crippen molar-refractivity contribution in [3.8, 4) is 11.1 Å². The zero-order valence-corrected chi connectivity index (χ0v) is 24.2. The fraction of sp³-hybridized carbons (Fsp3) is 0.214. The molecule has 3 N–H and O–H groups in total. The largest absolute Gasteiger partial charge is 0.417 e. The number of nitrogen functional groups attached to an aromatic ring is 1. The van der Waals surface area contributed by atoms with Crippen LogP contribution in [0.5, 0.6) is 0 Å². The number of thioether (sulfide) groups is 1. The molecule has 0 fully saturated rings. The predicted octanol–water partition coefficient (Wildman–Crippen LogP) is 6.91. The Hall–Kier alpha value is -4.01. The second-order valence-electron chi connectivity index (χ2n) is 9.42. The molecule has 3 aromatic rings. The van der Waals surface area contributed by atoms with Crippen molar-refractivity contribution in [1.29, 1.82) is 5.41 Å². The number of benzene rings is 2. The summed E-state index contributed by atoms with van der Waals surface area (Å²) in [6.45, 7) is 6.92. The Morgan fingerprint density at radius 2 is 1.95 bits per heavy atom. The van der Waals surface area contributed by atoms with Crippen molar-refractivity contribution in [3.63, 3.8) is 0 Å². The highest BCUT2D eigenvalue weighted by molar-refractivity contribution is 8.00. The number of amides is 1. The molecule has 0 aliphatic carbocycles. The van der Waals surface area contributed by atoms with E-state index in [0.29, 0.717) is 17.1 Å². The van der Waals surface area contributed by atoms with Gasteiger partial charge in [-0.15, -0.1) is 11.8 Å². The number of thiazole rings is 1. The Morgan fingerprint density at radius 3 is 2.57 bits per heavy atom. The molecule has 0 atom stereocenters. The number of nitrogens with zero attached hydrogens (tertiary/aromatic N) is 4. The van der Waals surface area contributed by atoms with Crippen molar-refractivity contribution >= 4 is 61.6 Å². The van der Waals surface area contributed by atoms with Gasteiger partial charge < -0.3 is 15.4 Å². The number of rotatable bonds is 5. The summed E-state index contributed by atoms with van der Waals surface area (Å²) < 4.78 is 64.4. The van der Waals surface area contributed by atoms with Gasteiger partial charge in [0.2, 0.25) is 0 Å². The number of carbonyl (C=O) groups is 1. The van der Waals surface area contributed by atoms with Gasteiger partial charge in [0, 0.05) is 58.2 Å². The van der Waals surface area contributed by atoms with Gasteiger partial charge in [0.25, 0.3) is 5.91 Å². The van der Waals surface area contributed by atoms with Gasteiger partial charge in [0.15, 0.2) is 5.13 Å². The normalized spacial score (nSPS) is 15.3. The molecule has 1 aromatic heterocycles. The zero-order chi connectivity index (χ0) is 30.5. The molecule has 5 rings (SSSR count). The van der Waals surface area contributed by atoms with Crippen molar-refractivity contribution < 1.29 is 27.1 Å². The molecule has 42 heavy (non-hydrogen) atoms. The van der Waals surface area contributed by atoms with Crippen LogP contribution >= 0.6 is 23.1 Å². The number of aliphatic imine (C=N–C) groups is 1. The monoisotopic (exact) mass is 616 g/mol. The van der Waals surface area contributed by atoms with Crippen LogP contribution in [-0.4, -0.2) is 51.7 Å². The molecule has 2 aromatic carbocycles. The molecule has 2 aliphatic rings. The SMILES string of the molecule is C=CC(=O)N1C(C)=CN(C(=N)c2cc(C(F)(F)F)c(-c3ccc(F)c4sc(N)nc34)c3c2N=C(COC)CS3)C=C1C. The number of anilines is 1. The number of nitrogens with two attached hydrogens (primary N) is 1. The molecule has 0 saturated heterocycles. The lowest BCUT2D eigenvalue weighted by Gasteiger charge is -2.32. The highest BCUT2D eigenvalue weighted by Gasteiger charge is 2.39. The van der Waals surface area contributed by atoms with E-state index in [2.05, 4.69) is 16.6 Å². The number of hydrogen-bond donors (Lipinski definition) is 2. The quantitative estimate of drug-likeness (QED) is 0.140. The Balaban J connectivity index is 1.78. The molecular weight excluding hydrogens is 592 g/mol. The molecule has 2 aliphatic heterocycles. The van der Waals surface area contributed by atoms with E-state index in [9.17, 15) is 22.4 Å². The lowest BCUT2D eigenvalue weighted by Crippen LogP contribution is -2.34. The van der Waals surface area contributed by atoms with Crippen LogP contribution < -0.4 is 5.73 Å². The summed E-state index contributed by atoms with van der Waals surface area (Å²) in [4.78, 5) is 24.0. The van der Waals surface area contributed by atoms with E-state index in [1.54, 1.807) is 13.8 Å². The number of allylic oxidation sites excluding steroid dienone is 2. The highest BCUT2D eigenvalue weighted by atomic mass is 32.2. The van der Waals surface area contributed by atoms with Crippen molar-refractivity contribution in [1.82, 2.24) is 14.8 Å². The van der Waals surface area contributed by atoms with E-state index < -0.39 is 17.6 Å². The van der Waals surface area contributed by atoms with E-state index in [4.69, 9.17) is 15.9 Å². The first-order valence-electron chi connectivity index (χ1n) is 12.4. The van der Waals surface area contributed by atoms with Crippen LogP contribution in [0, 0.1) is 11.2 Å². The number of hydrogen-bond acceptors (Lipinski definition) is 8. The van der Waals surface area contributed by atoms with E-state index in [1.165, 1.54) is 35.4 Å². The summed E-state index contributed by atoms with van der Waals surface area (Å²) in [7, 11) is 1.48. The third-order valence-electron chi connectivity index (χ3n) is 6.57. The first-order valence-corrected chi connectivity index (χ1v) is 14.2. The number of halogens is 4. The molecule has 0 radical (unpaired) electrons. The summed E-state index contributed by atoms with van der Waals surface area (Å²) >= 11 is 1.97. The third kappa shape index (κ3) is 5.10. The maximum Gasteiger partial charge on any atom is 0.417 e. The standard InChI is InChI=1S/C28H24F4N6O2S2/c1-5-20(39)38-13(2)9-37(10-14(38)3)26(33)17-8-18(28(30,31)32)21(25-23(17)35-15(11-40-4)12-41-25)16-6-7-19(29)24-22(16)36-27(34)42-24/h5-10,33H,1,11-12H2,2-4H3,(H2,34,36). The number of methoxy groups -OCH3 is 1. The number of carbonyl (C=O) groups excluding carboxylic acids is 1. The summed E-state index contributed by atoms with van der Waals surface area (Å²) in [6, 6.07) is 3.24. The molecule has 1 amide bonds. The average molecular weight is 617 g/mol. The molecule has 218 valence electrons. The first-order chi connectivity index (χ1) is 19.8. The lowest BCUT2D eigenvalue weighted by atomic mass is 9.93. The smallest absolute Gasteiger partial charge is 0.379 e. The first kappa shape index (κ1) is 29.5. The molecule has 0 bridgehead atoms. The van der Waals surface area contributed by atoms with Crippen molar-refractivity contribution in [2.75, 3.05) is 25.2 Å². The Morgan fingerprint density at radius 1 is 1.26 bits per heavy atom. The molecule has 0 unspecified atom stereocenters. The van der Waals surface area contributed by atoms with Gasteiger partial charge in [-0.2, -0.15) is 13.2 Å². The summed E-state index contributed by atoms with van der Waals surface area (Å²) in [5.74, 6) is -1.08. The topological polar surface area (TPSA) is 108 Å². The van der Waals surface area contributed by atoms with Gasteiger partial charge in [-0.05, 0) is 38.1 Å². The molecule has 14 heteroatoms. The minimum Gasteiger partial charge on any atom is -0.379 e. The van der Waals surface area contributed by atoms with Crippen LogP contribution in [0.2, 0.25) is 0 Å². The molecule has 0 spiro atoms. The fourth-order valence-electron chi connectivity index (χ4n) is 4.89. The van der Waals surface area contributed by atoms with Crippen LogP contribution in [0.4, 0.5) is 28.4 Å². The van der Waals surface area contributed by atoms with Crippen molar-refractivity contribution in [2.45, 2.75) is 24.9 Å². The van der Waals surface area contributed by atoms with Crippen LogP contribution in [0.3, 0.4) is 0 Å². The number of ether oxygens (including phenoxy) is 1. The van der Waals surface area contributed by atoms with Crippen molar-refractivity contribution in [2.24, 2.45) is 4.99 Å². The van der Waals surface area contributed by atoms with E-state index in [-0.39, 0.29) is 66.7 Å². The van der Waals surface area contributed by atoms with Gasteiger partial charge in [-0.25, -0.2) is 9.37 Å². The van der Waals surface area contributed by atoms with E-state index >= 15 is 0 Å². The zero-order valence-electron chi connectivity index (χ0n) is 22.6. The van der Waals surface area contributed by atoms with E-state index in [1.807, 2.05) is 0 Å². The molecule has 0 saturated carbocycles. The Bertz CT molecular complexity index is 1740. The third-order valence-corrected chi connectivity index (χ3v) is 8.63.